The van der Waals surface area contributed by atoms with Crippen molar-refractivity contribution >= 4 is 33.6 Å². The Hall–Kier alpha value is -0.840. The third-order valence-electron chi connectivity index (χ3n) is 8.00. The minimum absolute atomic E-state index is 0.0680. The Morgan fingerprint density at radius 2 is 1.61 bits per heavy atom. The molecule has 2 aliphatic carbocycles. The lowest BCUT2D eigenvalue weighted by atomic mass is 9.77. The summed E-state index contributed by atoms with van der Waals surface area (Å²) in [6.45, 7) is 7.79. The molecule has 0 spiro atoms. The predicted molar refractivity (Wildman–Crippen MR) is 128 cm³/mol. The first-order chi connectivity index (χ1) is 14.7. The second-order valence-corrected chi connectivity index (χ2v) is 13.0. The zero-order valence-electron chi connectivity index (χ0n) is 19.0. The number of hydrogen-bond donors (Lipinski definition) is 4. The van der Waals surface area contributed by atoms with E-state index in [1.54, 1.807) is 0 Å². The van der Waals surface area contributed by atoms with Crippen LogP contribution < -0.4 is 20.5 Å². The SMILES string of the molecule is CC1CCC(CC2=NCS(=O)N2)(C(N)NCC2(CC3=NCS(=O)N3)C[C@H](C)[C@@H](C)C2)C1. The highest BCUT2D eigenvalue weighted by atomic mass is 32.2. The van der Waals surface area contributed by atoms with Crippen LogP contribution >= 0.6 is 0 Å². The standard InChI is InChI=1S/C21H38N6O2S2/c1-14-4-5-21(6-14,10-18-25-13-31(29)27-18)19(22)23-11-20(7-15(2)16(3)8-20)9-17-24-12-30(28)26-17/h14-16,19,23H,4-13,22H2,1-3H3,(H,24,26)(H,25,27)/t14?,15-,16-,19?,21?,30?,31?/m0/s1. The van der Waals surface area contributed by atoms with E-state index in [1.165, 1.54) is 0 Å². The fourth-order valence-electron chi connectivity index (χ4n) is 6.27. The Kier molecular flexibility index (Phi) is 6.91. The molecule has 0 aromatic heterocycles. The summed E-state index contributed by atoms with van der Waals surface area (Å²) in [4.78, 5) is 8.92. The molecule has 0 aromatic rings. The highest BCUT2D eigenvalue weighted by Crippen LogP contribution is 2.49. The van der Waals surface area contributed by atoms with Crippen LogP contribution in [-0.2, 0) is 22.0 Å². The van der Waals surface area contributed by atoms with Crippen LogP contribution in [0.4, 0.5) is 0 Å². The van der Waals surface area contributed by atoms with Gasteiger partial charge in [-0.05, 0) is 48.9 Å². The van der Waals surface area contributed by atoms with Crippen LogP contribution in [0.5, 0.6) is 0 Å². The summed E-state index contributed by atoms with van der Waals surface area (Å²) in [5.41, 5.74) is 6.87. The van der Waals surface area contributed by atoms with Gasteiger partial charge in [-0.25, -0.2) is 8.42 Å². The van der Waals surface area contributed by atoms with E-state index >= 15 is 0 Å². The molecule has 5 unspecified atom stereocenters. The Labute approximate surface area is 191 Å². The molecule has 2 heterocycles. The molecule has 2 aliphatic heterocycles. The lowest BCUT2D eigenvalue weighted by Gasteiger charge is -2.39. The molecule has 10 heteroatoms. The largest absolute Gasteiger partial charge is 0.315 e. The summed E-state index contributed by atoms with van der Waals surface area (Å²) in [5, 5.41) is 3.74. The van der Waals surface area contributed by atoms with Crippen molar-refractivity contribution in [2.45, 2.75) is 71.9 Å². The van der Waals surface area contributed by atoms with Crippen LogP contribution in [0.15, 0.2) is 9.98 Å². The van der Waals surface area contributed by atoms with Crippen molar-refractivity contribution in [3.8, 4) is 0 Å². The second-order valence-electron chi connectivity index (χ2n) is 10.6. The fourth-order valence-corrected chi connectivity index (χ4v) is 7.74. The molecule has 0 bridgehead atoms. The van der Waals surface area contributed by atoms with Crippen molar-refractivity contribution in [3.63, 3.8) is 0 Å². The highest BCUT2D eigenvalue weighted by molar-refractivity contribution is 7.84. The van der Waals surface area contributed by atoms with E-state index in [4.69, 9.17) is 5.73 Å². The maximum Gasteiger partial charge on any atom is 0.140 e. The van der Waals surface area contributed by atoms with E-state index in [2.05, 4.69) is 45.5 Å². The molecule has 0 saturated heterocycles. The Balaban J connectivity index is 1.46. The van der Waals surface area contributed by atoms with Crippen molar-refractivity contribution in [2.24, 2.45) is 44.3 Å². The molecule has 7 atom stereocenters. The molecule has 0 aromatic carbocycles. The molecule has 4 aliphatic rings. The van der Waals surface area contributed by atoms with Gasteiger partial charge in [0.2, 0.25) is 0 Å². The summed E-state index contributed by atoms with van der Waals surface area (Å²) in [6, 6.07) is 0. The second kappa shape index (κ2) is 9.19. The van der Waals surface area contributed by atoms with Gasteiger partial charge in [0.05, 0.1) is 6.17 Å². The highest BCUT2D eigenvalue weighted by Gasteiger charge is 2.47. The first-order valence-electron chi connectivity index (χ1n) is 11.5. The summed E-state index contributed by atoms with van der Waals surface area (Å²) in [6.07, 6.45) is 6.96. The molecule has 0 radical (unpaired) electrons. The van der Waals surface area contributed by atoms with E-state index in [1.807, 2.05) is 0 Å². The Bertz CT molecular complexity index is 793. The number of nitrogens with zero attached hydrogens (tertiary/aromatic N) is 2. The maximum atomic E-state index is 11.8. The topological polar surface area (TPSA) is 121 Å². The summed E-state index contributed by atoms with van der Waals surface area (Å²) in [7, 11) is -2.14. The van der Waals surface area contributed by atoms with E-state index < -0.39 is 22.0 Å². The molecular formula is C21H38N6O2S2. The summed E-state index contributed by atoms with van der Waals surface area (Å²) < 4.78 is 29.6. The van der Waals surface area contributed by atoms with Gasteiger partial charge in [0.25, 0.3) is 0 Å². The first-order valence-corrected chi connectivity index (χ1v) is 14.2. The monoisotopic (exact) mass is 470 g/mol. The third kappa shape index (κ3) is 5.23. The average Bonchev–Trinajstić information content (AvgIpc) is 3.45. The minimum atomic E-state index is -1.08. The van der Waals surface area contributed by atoms with Gasteiger partial charge in [0.15, 0.2) is 0 Å². The smallest absolute Gasteiger partial charge is 0.140 e. The van der Waals surface area contributed by atoms with E-state index in [9.17, 15) is 8.42 Å². The van der Waals surface area contributed by atoms with Gasteiger partial charge >= 0.3 is 0 Å². The zero-order chi connectivity index (χ0) is 22.2. The van der Waals surface area contributed by atoms with Crippen molar-refractivity contribution in [2.75, 3.05) is 18.3 Å². The molecule has 8 nitrogen and oxygen atoms in total. The van der Waals surface area contributed by atoms with Gasteiger partial charge in [-0.1, -0.05) is 27.2 Å². The number of amidine groups is 2. The normalized spacial score (nSPS) is 40.3. The van der Waals surface area contributed by atoms with Gasteiger partial charge in [-0.2, -0.15) is 0 Å². The Morgan fingerprint density at radius 3 is 2.10 bits per heavy atom. The maximum absolute atomic E-state index is 11.8. The van der Waals surface area contributed by atoms with E-state index in [-0.39, 0.29) is 17.0 Å². The van der Waals surface area contributed by atoms with Gasteiger partial charge in [0.1, 0.15) is 45.4 Å². The van der Waals surface area contributed by atoms with Crippen molar-refractivity contribution < 1.29 is 8.42 Å². The number of rotatable bonds is 8. The number of nitrogens with two attached hydrogens (primary N) is 1. The number of nitrogens with one attached hydrogen (secondary N) is 3. The van der Waals surface area contributed by atoms with Crippen molar-refractivity contribution in [3.05, 3.63) is 0 Å². The quantitative estimate of drug-likeness (QED) is 0.404. The average molecular weight is 471 g/mol. The molecule has 2 saturated carbocycles. The number of hydrogen-bond acceptors (Lipinski definition) is 6. The molecule has 0 amide bonds. The molecule has 2 fully saturated rings. The van der Waals surface area contributed by atoms with Gasteiger partial charge < -0.3 is 11.1 Å². The fraction of sp³-hybridized carbons (Fsp3) is 0.905. The van der Waals surface area contributed by atoms with Gasteiger partial charge in [-0.15, -0.1) is 0 Å². The summed E-state index contributed by atoms with van der Waals surface area (Å²) in [5.74, 6) is 4.37. The van der Waals surface area contributed by atoms with Crippen LogP contribution in [0, 0.1) is 28.6 Å². The minimum Gasteiger partial charge on any atom is -0.315 e. The van der Waals surface area contributed by atoms with E-state index in [0.717, 1.165) is 63.2 Å². The van der Waals surface area contributed by atoms with Gasteiger partial charge in [-0.3, -0.25) is 19.4 Å². The number of aliphatic imine (C=N–C) groups is 2. The molecule has 4 rings (SSSR count). The van der Waals surface area contributed by atoms with Crippen molar-refractivity contribution in [1.82, 2.24) is 14.8 Å². The molecular weight excluding hydrogens is 432 g/mol. The lowest BCUT2D eigenvalue weighted by Crippen LogP contribution is -2.54. The Morgan fingerprint density at radius 1 is 1.03 bits per heavy atom. The molecule has 5 N–H and O–H groups in total. The van der Waals surface area contributed by atoms with Crippen LogP contribution in [0.25, 0.3) is 0 Å². The van der Waals surface area contributed by atoms with Crippen LogP contribution in [0.2, 0.25) is 0 Å². The van der Waals surface area contributed by atoms with Crippen molar-refractivity contribution in [1.29, 1.82) is 0 Å². The first kappa shape index (κ1) is 23.3. The zero-order valence-corrected chi connectivity index (χ0v) is 20.6. The van der Waals surface area contributed by atoms with Crippen LogP contribution in [0.1, 0.15) is 65.7 Å². The molecule has 176 valence electrons. The lowest BCUT2D eigenvalue weighted by molar-refractivity contribution is 0.170. The van der Waals surface area contributed by atoms with Crippen LogP contribution in [0.3, 0.4) is 0 Å². The van der Waals surface area contributed by atoms with E-state index in [0.29, 0.717) is 29.5 Å². The van der Waals surface area contributed by atoms with Crippen LogP contribution in [-0.4, -0.2) is 44.6 Å². The third-order valence-corrected chi connectivity index (χ3v) is 9.65. The summed E-state index contributed by atoms with van der Waals surface area (Å²) >= 11 is 0. The predicted octanol–water partition coefficient (Wildman–Crippen LogP) is 1.75. The van der Waals surface area contributed by atoms with Gasteiger partial charge in [0, 0.05) is 24.8 Å². The molecule has 31 heavy (non-hydrogen) atoms.